The Hall–Kier alpha value is -4.92. The molecule has 0 aliphatic carbocycles. The second-order valence-electron chi connectivity index (χ2n) is 14.9. The number of nitro groups is 1. The van der Waals surface area contributed by atoms with Crippen LogP contribution in [0.4, 0.5) is 17.1 Å². The van der Waals surface area contributed by atoms with Gasteiger partial charge < -0.3 is 15.0 Å². The van der Waals surface area contributed by atoms with Crippen molar-refractivity contribution >= 4 is 56.4 Å². The zero-order chi connectivity index (χ0) is 41.2. The number of morpholine rings is 1. The van der Waals surface area contributed by atoms with E-state index in [2.05, 4.69) is 44.1 Å². The van der Waals surface area contributed by atoms with E-state index in [-0.39, 0.29) is 22.2 Å². The van der Waals surface area contributed by atoms with Gasteiger partial charge in [-0.05, 0) is 109 Å². The molecule has 2 aliphatic heterocycles. The maximum Gasteiger partial charge on any atom is 0.293 e. The maximum absolute atomic E-state index is 13.4. The minimum absolute atomic E-state index is 0.153. The number of rotatable bonds is 16. The van der Waals surface area contributed by atoms with Crippen LogP contribution in [0.15, 0.2) is 131 Å². The van der Waals surface area contributed by atoms with Gasteiger partial charge in [0.15, 0.2) is 0 Å². The van der Waals surface area contributed by atoms with E-state index >= 15 is 0 Å². The molecule has 2 N–H and O–H groups in total. The molecule has 0 spiro atoms. The third-order valence-corrected chi connectivity index (χ3v) is 13.7. The smallest absolute Gasteiger partial charge is 0.293 e. The molecule has 2 saturated heterocycles. The van der Waals surface area contributed by atoms with Gasteiger partial charge in [-0.15, -0.1) is 11.8 Å². The molecule has 7 rings (SSSR count). The zero-order valence-electron chi connectivity index (χ0n) is 32.7. The Morgan fingerprint density at radius 1 is 0.881 bits per heavy atom. The fourth-order valence-electron chi connectivity index (χ4n) is 7.65. The first-order chi connectivity index (χ1) is 28.6. The molecule has 0 unspecified atom stereocenters. The lowest BCUT2D eigenvalue weighted by atomic mass is 9.87. The average molecular weight is 854 g/mol. The van der Waals surface area contributed by atoms with Gasteiger partial charge in [-0.25, -0.2) is 13.1 Å². The highest BCUT2D eigenvalue weighted by molar-refractivity contribution is 7.99. The van der Waals surface area contributed by atoms with Gasteiger partial charge in [0, 0.05) is 71.8 Å². The van der Waals surface area contributed by atoms with Gasteiger partial charge in [0.25, 0.3) is 21.6 Å². The van der Waals surface area contributed by atoms with Crippen LogP contribution in [0.3, 0.4) is 0 Å². The van der Waals surface area contributed by atoms with E-state index in [0.29, 0.717) is 31.3 Å². The van der Waals surface area contributed by atoms with Crippen molar-refractivity contribution in [3.8, 4) is 11.1 Å². The van der Waals surface area contributed by atoms with Crippen LogP contribution in [0, 0.1) is 16.0 Å². The van der Waals surface area contributed by atoms with Gasteiger partial charge in [-0.1, -0.05) is 66.2 Å². The molecule has 1 atom stereocenters. The number of nitrogens with one attached hydrogen (secondary N) is 2. The number of benzene rings is 5. The molecular formula is C45H48ClN5O6S2. The van der Waals surface area contributed by atoms with Gasteiger partial charge >= 0.3 is 0 Å². The summed E-state index contributed by atoms with van der Waals surface area (Å²) in [6, 6.07) is 36.8. The van der Waals surface area contributed by atoms with Crippen LogP contribution in [0.25, 0.3) is 11.1 Å². The Kier molecular flexibility index (Phi) is 14.2. The molecule has 5 aromatic rings. The van der Waals surface area contributed by atoms with Gasteiger partial charge in [0.1, 0.15) is 5.69 Å². The maximum atomic E-state index is 13.4. The molecule has 2 aliphatic rings. The molecule has 0 bridgehead atoms. The standard InChI is InChI=1S/C45H48ClN5O6S2/c46-37-13-17-42(34-7-3-1-4-8-34)36(30-37)29-33-19-23-50(24-20-33)39-14-11-35(12-15-39)45(52)48-59(55,56)41-16-18-43(44(31-41)51(53)54)47-38(21-22-49-25-27-57-28-26-49)32-58-40-9-5-2-6-10-40/h1-18,30-31,33,38,47H,19-29,32H2,(H,48,52)/t38-/m1/s1. The minimum Gasteiger partial charge on any atom is -0.379 e. The van der Waals surface area contributed by atoms with Gasteiger partial charge in [0.05, 0.1) is 23.0 Å². The molecule has 0 radical (unpaired) electrons. The van der Waals surface area contributed by atoms with Crippen LogP contribution in [0.2, 0.25) is 5.02 Å². The third-order valence-electron chi connectivity index (χ3n) is 10.9. The van der Waals surface area contributed by atoms with Crippen LogP contribution in [-0.4, -0.2) is 81.9 Å². The normalized spacial score (nSPS) is 15.7. The number of ether oxygens (including phenoxy) is 1. The molecule has 1 amide bonds. The van der Waals surface area contributed by atoms with E-state index in [1.807, 2.05) is 66.7 Å². The van der Waals surface area contributed by atoms with Crippen LogP contribution in [0.5, 0.6) is 0 Å². The minimum atomic E-state index is -4.44. The summed E-state index contributed by atoms with van der Waals surface area (Å²) in [4.78, 5) is 30.2. The SMILES string of the molecule is O=C(NS(=O)(=O)c1ccc(N[C@H](CCN2CCOCC2)CSc2ccccc2)c([N+](=O)[O-])c1)c1ccc(N2CCC(Cc3cc(Cl)ccc3-c3ccccc3)CC2)cc1. The quantitative estimate of drug-likeness (QED) is 0.0564. The number of hydrogen-bond donors (Lipinski definition) is 2. The number of hydrogen-bond acceptors (Lipinski definition) is 10. The van der Waals surface area contributed by atoms with Gasteiger partial charge in [-0.3, -0.25) is 19.8 Å². The van der Waals surface area contributed by atoms with Crippen molar-refractivity contribution in [1.29, 1.82) is 0 Å². The number of thioether (sulfide) groups is 1. The van der Waals surface area contributed by atoms with Crippen LogP contribution >= 0.6 is 23.4 Å². The van der Waals surface area contributed by atoms with Gasteiger partial charge in [0.2, 0.25) is 0 Å². The van der Waals surface area contributed by atoms with Crippen molar-refractivity contribution in [2.45, 2.75) is 41.5 Å². The summed E-state index contributed by atoms with van der Waals surface area (Å²) in [6.07, 6.45) is 3.62. The molecule has 2 heterocycles. The fraction of sp³-hybridized carbons (Fsp3) is 0.311. The summed E-state index contributed by atoms with van der Waals surface area (Å²) in [5.74, 6) is 0.305. The Morgan fingerprint density at radius 3 is 2.27 bits per heavy atom. The van der Waals surface area contributed by atoms with Crippen molar-refractivity contribution < 1.29 is 22.9 Å². The summed E-state index contributed by atoms with van der Waals surface area (Å²) in [5.41, 5.74) is 4.55. The lowest BCUT2D eigenvalue weighted by Crippen LogP contribution is -2.39. The van der Waals surface area contributed by atoms with E-state index in [1.165, 1.54) is 28.8 Å². The Morgan fingerprint density at radius 2 is 1.58 bits per heavy atom. The number of amides is 1. The molecule has 5 aromatic carbocycles. The number of carbonyl (C=O) groups is 1. The van der Waals surface area contributed by atoms with Crippen molar-refractivity contribution in [1.82, 2.24) is 9.62 Å². The highest BCUT2D eigenvalue weighted by Crippen LogP contribution is 2.33. The van der Waals surface area contributed by atoms with E-state index in [4.69, 9.17) is 16.3 Å². The lowest BCUT2D eigenvalue weighted by Gasteiger charge is -2.34. The zero-order valence-corrected chi connectivity index (χ0v) is 35.1. The number of sulfonamides is 1. The summed E-state index contributed by atoms with van der Waals surface area (Å²) in [7, 11) is -4.44. The second kappa shape index (κ2) is 19.9. The first-order valence-corrected chi connectivity index (χ1v) is 22.7. The van der Waals surface area contributed by atoms with Crippen LogP contribution < -0.4 is 14.9 Å². The number of anilines is 2. The van der Waals surface area contributed by atoms with Crippen LogP contribution in [-0.2, 0) is 21.2 Å². The Labute approximate surface area is 355 Å². The van der Waals surface area contributed by atoms with Crippen molar-refractivity contribution in [3.63, 3.8) is 0 Å². The molecule has 308 valence electrons. The Balaban J connectivity index is 0.963. The number of carbonyl (C=O) groups excluding carboxylic acids is 1. The van der Waals surface area contributed by atoms with E-state index < -0.39 is 26.5 Å². The summed E-state index contributed by atoms with van der Waals surface area (Å²) < 4.78 is 34.5. The predicted octanol–water partition coefficient (Wildman–Crippen LogP) is 8.79. The highest BCUT2D eigenvalue weighted by Gasteiger charge is 2.26. The molecule has 59 heavy (non-hydrogen) atoms. The molecule has 0 aromatic heterocycles. The van der Waals surface area contributed by atoms with Gasteiger partial charge in [-0.2, -0.15) is 0 Å². The lowest BCUT2D eigenvalue weighted by molar-refractivity contribution is -0.384. The average Bonchev–Trinajstić information content (AvgIpc) is 3.26. The number of nitro benzene ring substituents is 1. The van der Waals surface area contributed by atoms with Crippen LogP contribution in [0.1, 0.15) is 35.2 Å². The second-order valence-corrected chi connectivity index (χ2v) is 18.1. The third kappa shape index (κ3) is 11.4. The topological polar surface area (TPSA) is 134 Å². The monoisotopic (exact) mass is 853 g/mol. The predicted molar refractivity (Wildman–Crippen MR) is 236 cm³/mol. The Bertz CT molecular complexity index is 2310. The van der Waals surface area contributed by atoms with E-state index in [0.717, 1.165) is 73.7 Å². The first-order valence-electron chi connectivity index (χ1n) is 19.9. The number of nitrogens with zero attached hydrogens (tertiary/aromatic N) is 3. The van der Waals surface area contributed by atoms with Crippen molar-refractivity contribution in [2.24, 2.45) is 5.92 Å². The fourth-order valence-corrected chi connectivity index (χ4v) is 9.83. The highest BCUT2D eigenvalue weighted by atomic mass is 35.5. The molecule has 0 saturated carbocycles. The summed E-state index contributed by atoms with van der Waals surface area (Å²) in [5, 5.41) is 16.4. The number of piperidine rings is 1. The van der Waals surface area contributed by atoms with E-state index in [9.17, 15) is 23.3 Å². The van der Waals surface area contributed by atoms with E-state index in [1.54, 1.807) is 23.9 Å². The molecule has 14 heteroatoms. The molecular weight excluding hydrogens is 806 g/mol. The summed E-state index contributed by atoms with van der Waals surface area (Å²) in [6.45, 7) is 5.45. The summed E-state index contributed by atoms with van der Waals surface area (Å²) >= 11 is 8.06. The first kappa shape index (κ1) is 42.2. The molecule has 11 nitrogen and oxygen atoms in total. The molecule has 2 fully saturated rings. The number of halogens is 1. The largest absolute Gasteiger partial charge is 0.379 e. The van der Waals surface area contributed by atoms with Crippen molar-refractivity contribution in [3.05, 3.63) is 148 Å². The van der Waals surface area contributed by atoms with Crippen molar-refractivity contribution in [2.75, 3.05) is 61.9 Å².